The molecule has 2 rings (SSSR count). The van der Waals surface area contributed by atoms with Crippen LogP contribution in [0.25, 0.3) is 0 Å². The van der Waals surface area contributed by atoms with Gasteiger partial charge in [-0.2, -0.15) is 0 Å². The molecule has 0 aliphatic heterocycles. The molecule has 3 nitrogen and oxygen atoms in total. The van der Waals surface area contributed by atoms with Crippen molar-refractivity contribution in [1.82, 2.24) is 9.88 Å². The zero-order valence-electron chi connectivity index (χ0n) is 11.3. The largest absolute Gasteiger partial charge is 0.339 e. The van der Waals surface area contributed by atoms with Crippen LogP contribution in [-0.2, 0) is 17.8 Å². The molecule has 2 aromatic rings. The molecule has 0 atom stereocenters. The quantitative estimate of drug-likeness (QED) is 0.839. The third-order valence-corrected chi connectivity index (χ3v) is 3.76. The van der Waals surface area contributed by atoms with Crippen molar-refractivity contribution in [3.8, 4) is 0 Å². The SMILES string of the molecule is Cc1cccc(CCC(=O)N(C)Cc2nccs2)c1. The van der Waals surface area contributed by atoms with E-state index in [0.717, 1.165) is 11.4 Å². The van der Waals surface area contributed by atoms with E-state index in [2.05, 4.69) is 30.1 Å². The molecule has 0 N–H and O–H groups in total. The number of carbonyl (C=O) groups is 1. The molecule has 1 aromatic carbocycles. The topological polar surface area (TPSA) is 33.2 Å². The molecule has 19 heavy (non-hydrogen) atoms. The molecule has 4 heteroatoms. The Hall–Kier alpha value is -1.68. The Kier molecular flexibility index (Phi) is 4.68. The van der Waals surface area contributed by atoms with Crippen molar-refractivity contribution in [3.63, 3.8) is 0 Å². The lowest BCUT2D eigenvalue weighted by atomic mass is 10.1. The Morgan fingerprint density at radius 2 is 2.26 bits per heavy atom. The van der Waals surface area contributed by atoms with Crippen molar-refractivity contribution in [2.75, 3.05) is 7.05 Å². The monoisotopic (exact) mass is 274 g/mol. The highest BCUT2D eigenvalue weighted by Crippen LogP contribution is 2.10. The van der Waals surface area contributed by atoms with Crippen LogP contribution in [0.3, 0.4) is 0 Å². The number of amides is 1. The van der Waals surface area contributed by atoms with Gasteiger partial charge in [-0.25, -0.2) is 4.98 Å². The maximum absolute atomic E-state index is 12.0. The van der Waals surface area contributed by atoms with Gasteiger partial charge in [-0.15, -0.1) is 11.3 Å². The molecule has 0 aliphatic carbocycles. The maximum Gasteiger partial charge on any atom is 0.223 e. The zero-order valence-corrected chi connectivity index (χ0v) is 12.1. The summed E-state index contributed by atoms with van der Waals surface area (Å²) in [6.45, 7) is 2.67. The Morgan fingerprint density at radius 1 is 1.42 bits per heavy atom. The van der Waals surface area contributed by atoms with Crippen molar-refractivity contribution in [2.24, 2.45) is 0 Å². The molecular formula is C15H18N2OS. The molecule has 0 saturated heterocycles. The van der Waals surface area contributed by atoms with E-state index in [-0.39, 0.29) is 5.91 Å². The number of aromatic nitrogens is 1. The lowest BCUT2D eigenvalue weighted by molar-refractivity contribution is -0.130. The van der Waals surface area contributed by atoms with Crippen molar-refractivity contribution < 1.29 is 4.79 Å². The van der Waals surface area contributed by atoms with Crippen LogP contribution in [0, 0.1) is 6.92 Å². The second kappa shape index (κ2) is 6.48. The first-order valence-corrected chi connectivity index (χ1v) is 7.21. The highest BCUT2D eigenvalue weighted by molar-refractivity contribution is 7.09. The van der Waals surface area contributed by atoms with Crippen LogP contribution in [0.1, 0.15) is 22.6 Å². The molecule has 0 bridgehead atoms. The minimum atomic E-state index is 0.164. The molecular weight excluding hydrogens is 256 g/mol. The van der Waals surface area contributed by atoms with Crippen LogP contribution < -0.4 is 0 Å². The summed E-state index contributed by atoms with van der Waals surface area (Å²) in [5.41, 5.74) is 2.46. The average molecular weight is 274 g/mol. The van der Waals surface area contributed by atoms with Gasteiger partial charge >= 0.3 is 0 Å². The van der Waals surface area contributed by atoms with Gasteiger partial charge in [0.15, 0.2) is 0 Å². The number of aryl methyl sites for hydroxylation is 2. The fourth-order valence-corrected chi connectivity index (χ4v) is 2.60. The van der Waals surface area contributed by atoms with Gasteiger partial charge in [0.25, 0.3) is 0 Å². The normalized spacial score (nSPS) is 10.4. The summed E-state index contributed by atoms with van der Waals surface area (Å²) in [6.07, 6.45) is 3.11. The van der Waals surface area contributed by atoms with Gasteiger partial charge in [0, 0.05) is 25.0 Å². The molecule has 0 spiro atoms. The lowest BCUT2D eigenvalue weighted by Gasteiger charge is -2.15. The third-order valence-electron chi connectivity index (χ3n) is 2.99. The Balaban J connectivity index is 1.84. The van der Waals surface area contributed by atoms with E-state index in [1.165, 1.54) is 11.1 Å². The summed E-state index contributed by atoms with van der Waals surface area (Å²) in [4.78, 5) is 18.0. The van der Waals surface area contributed by atoms with E-state index in [9.17, 15) is 4.79 Å². The number of benzene rings is 1. The van der Waals surface area contributed by atoms with Gasteiger partial charge in [-0.05, 0) is 18.9 Å². The second-order valence-electron chi connectivity index (χ2n) is 4.66. The van der Waals surface area contributed by atoms with E-state index in [0.29, 0.717) is 13.0 Å². The molecule has 0 saturated carbocycles. The van der Waals surface area contributed by atoms with Crippen LogP contribution in [0.2, 0.25) is 0 Å². The van der Waals surface area contributed by atoms with E-state index >= 15 is 0 Å². The van der Waals surface area contributed by atoms with Crippen LogP contribution in [-0.4, -0.2) is 22.8 Å². The smallest absolute Gasteiger partial charge is 0.223 e. The summed E-state index contributed by atoms with van der Waals surface area (Å²) in [5, 5.41) is 2.91. The number of carbonyl (C=O) groups excluding carboxylic acids is 1. The zero-order chi connectivity index (χ0) is 13.7. The van der Waals surface area contributed by atoms with Crippen molar-refractivity contribution in [1.29, 1.82) is 0 Å². The standard InChI is InChI=1S/C15H18N2OS/c1-12-4-3-5-13(10-12)6-7-15(18)17(2)11-14-16-8-9-19-14/h3-5,8-10H,6-7,11H2,1-2H3. The average Bonchev–Trinajstić information content (AvgIpc) is 2.89. The van der Waals surface area contributed by atoms with E-state index in [1.807, 2.05) is 18.5 Å². The number of rotatable bonds is 5. The third kappa shape index (κ3) is 4.17. The number of hydrogen-bond acceptors (Lipinski definition) is 3. The molecule has 0 aliphatic rings. The van der Waals surface area contributed by atoms with Gasteiger partial charge in [0.1, 0.15) is 5.01 Å². The summed E-state index contributed by atoms with van der Waals surface area (Å²) in [7, 11) is 1.83. The lowest BCUT2D eigenvalue weighted by Crippen LogP contribution is -2.26. The van der Waals surface area contributed by atoms with Crippen molar-refractivity contribution in [3.05, 3.63) is 52.0 Å². The summed E-state index contributed by atoms with van der Waals surface area (Å²) in [6, 6.07) is 8.31. The first-order chi connectivity index (χ1) is 9.15. The van der Waals surface area contributed by atoms with Crippen LogP contribution in [0.15, 0.2) is 35.8 Å². The molecule has 0 radical (unpaired) electrons. The fourth-order valence-electron chi connectivity index (χ4n) is 1.93. The van der Waals surface area contributed by atoms with E-state index in [1.54, 1.807) is 22.4 Å². The van der Waals surface area contributed by atoms with Gasteiger partial charge < -0.3 is 4.90 Å². The first-order valence-electron chi connectivity index (χ1n) is 6.33. The minimum absolute atomic E-state index is 0.164. The molecule has 0 unspecified atom stereocenters. The van der Waals surface area contributed by atoms with E-state index in [4.69, 9.17) is 0 Å². The molecule has 1 aromatic heterocycles. The number of thiazole rings is 1. The predicted octanol–water partition coefficient (Wildman–Crippen LogP) is 3.04. The van der Waals surface area contributed by atoms with Crippen molar-refractivity contribution >= 4 is 17.2 Å². The second-order valence-corrected chi connectivity index (χ2v) is 5.64. The van der Waals surface area contributed by atoms with Crippen LogP contribution in [0.4, 0.5) is 0 Å². The first kappa shape index (κ1) is 13.7. The number of hydrogen-bond donors (Lipinski definition) is 0. The van der Waals surface area contributed by atoms with Crippen LogP contribution >= 0.6 is 11.3 Å². The summed E-state index contributed by atoms with van der Waals surface area (Å²) in [5.74, 6) is 0.164. The molecule has 1 amide bonds. The van der Waals surface area contributed by atoms with Crippen molar-refractivity contribution in [2.45, 2.75) is 26.3 Å². The highest BCUT2D eigenvalue weighted by atomic mass is 32.1. The fraction of sp³-hybridized carbons (Fsp3) is 0.333. The highest BCUT2D eigenvalue weighted by Gasteiger charge is 2.10. The molecule has 0 fully saturated rings. The number of nitrogens with zero attached hydrogens (tertiary/aromatic N) is 2. The minimum Gasteiger partial charge on any atom is -0.339 e. The Bertz CT molecular complexity index is 537. The summed E-state index contributed by atoms with van der Waals surface area (Å²) >= 11 is 1.58. The van der Waals surface area contributed by atoms with E-state index < -0.39 is 0 Å². The Morgan fingerprint density at radius 3 is 2.95 bits per heavy atom. The Labute approximate surface area is 117 Å². The predicted molar refractivity (Wildman–Crippen MR) is 78.1 cm³/mol. The van der Waals surface area contributed by atoms with Gasteiger partial charge in [-0.3, -0.25) is 4.79 Å². The van der Waals surface area contributed by atoms with Gasteiger partial charge in [0.05, 0.1) is 6.54 Å². The molecule has 100 valence electrons. The van der Waals surface area contributed by atoms with Crippen LogP contribution in [0.5, 0.6) is 0 Å². The molecule has 1 heterocycles. The van der Waals surface area contributed by atoms with Gasteiger partial charge in [-0.1, -0.05) is 29.8 Å². The maximum atomic E-state index is 12.0. The summed E-state index contributed by atoms with van der Waals surface area (Å²) < 4.78 is 0. The van der Waals surface area contributed by atoms with Gasteiger partial charge in [0.2, 0.25) is 5.91 Å².